The highest BCUT2D eigenvalue weighted by Gasteiger charge is 2.21. The molecular weight excluding hydrogens is 254 g/mol. The van der Waals surface area contributed by atoms with Gasteiger partial charge in [-0.25, -0.2) is 9.48 Å². The molecular formula is C15H25N3O2. The lowest BCUT2D eigenvalue weighted by Gasteiger charge is -2.21. The van der Waals surface area contributed by atoms with Crippen molar-refractivity contribution in [2.45, 2.75) is 71.3 Å². The van der Waals surface area contributed by atoms with Crippen molar-refractivity contribution in [3.8, 4) is 0 Å². The van der Waals surface area contributed by atoms with Gasteiger partial charge in [-0.15, -0.1) is 5.10 Å². The number of aromatic nitrogens is 3. The Morgan fingerprint density at radius 2 is 2.10 bits per heavy atom. The predicted molar refractivity (Wildman–Crippen MR) is 76.8 cm³/mol. The van der Waals surface area contributed by atoms with E-state index in [1.54, 1.807) is 4.68 Å². The van der Waals surface area contributed by atoms with Gasteiger partial charge in [-0.1, -0.05) is 50.7 Å². The molecule has 1 saturated carbocycles. The van der Waals surface area contributed by atoms with Gasteiger partial charge in [0.05, 0.1) is 5.69 Å². The summed E-state index contributed by atoms with van der Waals surface area (Å²) in [5, 5.41) is 17.1. The SMILES string of the molecule is CCCCn1nnc(C(=O)O)c1CCC1CCCCC1. The van der Waals surface area contributed by atoms with Gasteiger partial charge in [-0.05, 0) is 25.2 Å². The fraction of sp³-hybridized carbons (Fsp3) is 0.800. The summed E-state index contributed by atoms with van der Waals surface area (Å²) in [6.45, 7) is 2.90. The Hall–Kier alpha value is -1.39. The van der Waals surface area contributed by atoms with Crippen LogP contribution in [0.5, 0.6) is 0 Å². The van der Waals surface area contributed by atoms with E-state index in [4.69, 9.17) is 0 Å². The van der Waals surface area contributed by atoms with Crippen LogP contribution in [-0.4, -0.2) is 26.1 Å². The molecule has 20 heavy (non-hydrogen) atoms. The van der Waals surface area contributed by atoms with Crippen LogP contribution in [0, 0.1) is 5.92 Å². The highest BCUT2D eigenvalue weighted by Crippen LogP contribution is 2.27. The van der Waals surface area contributed by atoms with E-state index in [1.165, 1.54) is 32.1 Å². The molecule has 1 aromatic heterocycles. The van der Waals surface area contributed by atoms with Gasteiger partial charge in [0.1, 0.15) is 0 Å². The zero-order valence-corrected chi connectivity index (χ0v) is 12.3. The second-order valence-corrected chi connectivity index (χ2v) is 5.81. The van der Waals surface area contributed by atoms with Crippen LogP contribution in [-0.2, 0) is 13.0 Å². The van der Waals surface area contributed by atoms with Crippen LogP contribution in [0.1, 0.15) is 74.5 Å². The molecule has 0 aromatic carbocycles. The number of nitrogens with zero attached hydrogens (tertiary/aromatic N) is 3. The van der Waals surface area contributed by atoms with E-state index in [9.17, 15) is 9.90 Å². The second-order valence-electron chi connectivity index (χ2n) is 5.81. The minimum Gasteiger partial charge on any atom is -0.476 e. The van der Waals surface area contributed by atoms with Crippen LogP contribution in [0.15, 0.2) is 0 Å². The van der Waals surface area contributed by atoms with Gasteiger partial charge in [-0.3, -0.25) is 0 Å². The van der Waals surface area contributed by atoms with E-state index >= 15 is 0 Å². The summed E-state index contributed by atoms with van der Waals surface area (Å²) in [5.41, 5.74) is 0.966. The second kappa shape index (κ2) is 7.41. The first kappa shape index (κ1) is 15.0. The third-order valence-corrected chi connectivity index (χ3v) is 4.28. The fourth-order valence-electron chi connectivity index (χ4n) is 3.05. The maximum Gasteiger partial charge on any atom is 0.358 e. The molecule has 0 bridgehead atoms. The minimum absolute atomic E-state index is 0.150. The predicted octanol–water partition coefficient (Wildman–Crippen LogP) is 3.29. The van der Waals surface area contributed by atoms with Crippen LogP contribution < -0.4 is 0 Å². The molecule has 1 fully saturated rings. The first-order chi connectivity index (χ1) is 9.72. The Morgan fingerprint density at radius 3 is 2.75 bits per heavy atom. The average Bonchev–Trinajstić information content (AvgIpc) is 2.87. The van der Waals surface area contributed by atoms with Crippen LogP contribution in [0.3, 0.4) is 0 Å². The average molecular weight is 279 g/mol. The zero-order chi connectivity index (χ0) is 14.4. The van der Waals surface area contributed by atoms with Gasteiger partial charge in [-0.2, -0.15) is 0 Å². The van der Waals surface area contributed by atoms with E-state index < -0.39 is 5.97 Å². The maximum absolute atomic E-state index is 11.2. The van der Waals surface area contributed by atoms with Crippen molar-refractivity contribution >= 4 is 5.97 Å². The summed E-state index contributed by atoms with van der Waals surface area (Å²) < 4.78 is 1.80. The number of carbonyl (C=O) groups is 1. The molecule has 0 unspecified atom stereocenters. The van der Waals surface area contributed by atoms with Crippen molar-refractivity contribution in [1.82, 2.24) is 15.0 Å². The summed E-state index contributed by atoms with van der Waals surface area (Å²) in [4.78, 5) is 11.2. The first-order valence-electron chi connectivity index (χ1n) is 7.88. The molecule has 5 heteroatoms. The summed E-state index contributed by atoms with van der Waals surface area (Å²) in [6, 6.07) is 0. The molecule has 0 amide bonds. The fourth-order valence-corrected chi connectivity index (χ4v) is 3.05. The Bertz CT molecular complexity index is 436. The third-order valence-electron chi connectivity index (χ3n) is 4.28. The molecule has 5 nitrogen and oxygen atoms in total. The minimum atomic E-state index is -0.952. The summed E-state index contributed by atoms with van der Waals surface area (Å²) >= 11 is 0. The number of hydrogen-bond donors (Lipinski definition) is 1. The van der Waals surface area contributed by atoms with Crippen LogP contribution in [0.25, 0.3) is 0 Å². The Labute approximate surface area is 120 Å². The number of aryl methyl sites for hydroxylation is 1. The molecule has 1 aliphatic rings. The lowest BCUT2D eigenvalue weighted by atomic mass is 9.85. The molecule has 0 aliphatic heterocycles. The maximum atomic E-state index is 11.2. The number of hydrogen-bond acceptors (Lipinski definition) is 3. The van der Waals surface area contributed by atoms with Gasteiger partial charge in [0.25, 0.3) is 0 Å². The summed E-state index contributed by atoms with van der Waals surface area (Å²) in [7, 11) is 0. The van der Waals surface area contributed by atoms with Crippen molar-refractivity contribution < 1.29 is 9.90 Å². The molecule has 1 N–H and O–H groups in total. The van der Waals surface area contributed by atoms with Crippen molar-refractivity contribution in [1.29, 1.82) is 0 Å². The highest BCUT2D eigenvalue weighted by atomic mass is 16.4. The molecule has 0 saturated heterocycles. The molecule has 2 rings (SSSR count). The highest BCUT2D eigenvalue weighted by molar-refractivity contribution is 5.86. The smallest absolute Gasteiger partial charge is 0.358 e. The Kier molecular flexibility index (Phi) is 5.56. The molecule has 0 spiro atoms. The van der Waals surface area contributed by atoms with Gasteiger partial charge in [0.2, 0.25) is 0 Å². The van der Waals surface area contributed by atoms with Crippen LogP contribution >= 0.6 is 0 Å². The van der Waals surface area contributed by atoms with Gasteiger partial charge >= 0.3 is 5.97 Å². The topological polar surface area (TPSA) is 68.0 Å². The summed E-state index contributed by atoms with van der Waals surface area (Å²) in [6.07, 6.45) is 10.5. The van der Waals surface area contributed by atoms with Gasteiger partial charge < -0.3 is 5.11 Å². The third kappa shape index (κ3) is 3.81. The van der Waals surface area contributed by atoms with Crippen molar-refractivity contribution in [2.75, 3.05) is 0 Å². The van der Waals surface area contributed by atoms with Gasteiger partial charge in [0.15, 0.2) is 5.69 Å². The van der Waals surface area contributed by atoms with E-state index in [2.05, 4.69) is 17.2 Å². The molecule has 1 aromatic rings. The lowest BCUT2D eigenvalue weighted by molar-refractivity contribution is 0.0689. The van der Waals surface area contributed by atoms with Crippen molar-refractivity contribution in [3.05, 3.63) is 11.4 Å². The molecule has 0 atom stereocenters. The molecule has 112 valence electrons. The van der Waals surface area contributed by atoms with E-state index in [1.807, 2.05) is 0 Å². The largest absolute Gasteiger partial charge is 0.476 e. The number of carboxylic acid groups (broad SMARTS) is 1. The molecule has 1 heterocycles. The van der Waals surface area contributed by atoms with Crippen molar-refractivity contribution in [3.63, 3.8) is 0 Å². The lowest BCUT2D eigenvalue weighted by Crippen LogP contribution is -2.12. The normalized spacial score (nSPS) is 16.4. The number of rotatable bonds is 7. The quantitative estimate of drug-likeness (QED) is 0.831. The number of unbranched alkanes of at least 4 members (excludes halogenated alkanes) is 1. The number of aromatic carboxylic acids is 1. The molecule has 1 aliphatic carbocycles. The monoisotopic (exact) mass is 279 g/mol. The Balaban J connectivity index is 2.02. The zero-order valence-electron chi connectivity index (χ0n) is 12.3. The Morgan fingerprint density at radius 1 is 1.35 bits per heavy atom. The van der Waals surface area contributed by atoms with E-state index in [0.717, 1.165) is 43.8 Å². The van der Waals surface area contributed by atoms with E-state index in [0.29, 0.717) is 0 Å². The van der Waals surface area contributed by atoms with Crippen molar-refractivity contribution in [2.24, 2.45) is 5.92 Å². The number of carboxylic acids is 1. The van der Waals surface area contributed by atoms with Crippen LogP contribution in [0.2, 0.25) is 0 Å². The van der Waals surface area contributed by atoms with Gasteiger partial charge in [0, 0.05) is 6.54 Å². The van der Waals surface area contributed by atoms with E-state index in [-0.39, 0.29) is 5.69 Å². The standard InChI is InChI=1S/C15H25N3O2/c1-2-3-11-18-13(14(15(19)20)16-17-18)10-9-12-7-5-4-6-8-12/h12H,2-11H2,1H3,(H,19,20). The molecule has 0 radical (unpaired) electrons. The summed E-state index contributed by atoms with van der Waals surface area (Å²) in [5.74, 6) is -0.202. The first-order valence-corrected chi connectivity index (χ1v) is 7.88. The van der Waals surface area contributed by atoms with Crippen LogP contribution in [0.4, 0.5) is 0 Å².